The molecule has 1 saturated heterocycles. The van der Waals surface area contributed by atoms with Crippen LogP contribution in [0.1, 0.15) is 31.9 Å². The molecular weight excluding hydrogens is 406 g/mol. The van der Waals surface area contributed by atoms with E-state index >= 15 is 0 Å². The molecule has 10 nitrogen and oxygen atoms in total. The van der Waals surface area contributed by atoms with Gasteiger partial charge in [0.05, 0.1) is 10.6 Å². The molecule has 1 fully saturated rings. The smallest absolute Gasteiger partial charge is 0.262 e. The van der Waals surface area contributed by atoms with Crippen molar-refractivity contribution < 1.29 is 13.2 Å². The number of aryl methyl sites for hydroxylation is 1. The maximum Gasteiger partial charge on any atom is 0.262 e. The minimum atomic E-state index is -3.87. The van der Waals surface area contributed by atoms with Crippen LogP contribution < -0.4 is 9.62 Å². The van der Waals surface area contributed by atoms with Gasteiger partial charge < -0.3 is 4.90 Å². The molecule has 1 aliphatic rings. The van der Waals surface area contributed by atoms with E-state index in [4.69, 9.17) is 0 Å². The van der Waals surface area contributed by atoms with E-state index in [9.17, 15) is 13.2 Å². The topological polar surface area (TPSA) is 115 Å². The number of nitrogens with zero attached hydrogens (tertiary/aromatic N) is 6. The summed E-state index contributed by atoms with van der Waals surface area (Å²) in [7, 11) is -3.87. The second kappa shape index (κ2) is 7.90. The number of sulfonamides is 1. The van der Waals surface area contributed by atoms with Crippen LogP contribution in [0.15, 0.2) is 41.8 Å². The van der Waals surface area contributed by atoms with Crippen molar-refractivity contribution in [3.8, 4) is 5.82 Å². The molecule has 0 radical (unpaired) electrons. The summed E-state index contributed by atoms with van der Waals surface area (Å²) in [6.07, 6.45) is 5.13. The van der Waals surface area contributed by atoms with Crippen molar-refractivity contribution in [1.82, 2.24) is 24.5 Å². The Hall–Kier alpha value is -3.21. The lowest BCUT2D eigenvalue weighted by molar-refractivity contribution is -0.117. The summed E-state index contributed by atoms with van der Waals surface area (Å²) in [6, 6.07) is 6.33. The quantitative estimate of drug-likeness (QED) is 0.615. The molecule has 1 aromatic carbocycles. The Morgan fingerprint density at radius 2 is 1.83 bits per heavy atom. The zero-order valence-electron chi connectivity index (χ0n) is 16.8. The fourth-order valence-corrected chi connectivity index (χ4v) is 4.61. The van der Waals surface area contributed by atoms with Crippen LogP contribution in [0.5, 0.6) is 0 Å². The van der Waals surface area contributed by atoms with E-state index in [-0.39, 0.29) is 10.8 Å². The Morgan fingerprint density at radius 3 is 2.43 bits per heavy atom. The van der Waals surface area contributed by atoms with Crippen molar-refractivity contribution in [3.63, 3.8) is 0 Å². The van der Waals surface area contributed by atoms with Gasteiger partial charge in [0.2, 0.25) is 5.91 Å². The van der Waals surface area contributed by atoms with Gasteiger partial charge in [-0.3, -0.25) is 18.8 Å². The maximum absolute atomic E-state index is 13.1. The fraction of sp³-hybridized carbons (Fsp3) is 0.368. The molecular formula is C19H23N7O3S. The van der Waals surface area contributed by atoms with E-state index in [1.807, 2.05) is 13.8 Å². The summed E-state index contributed by atoms with van der Waals surface area (Å²) in [5.74, 6) is 0.468. The number of rotatable bonds is 7. The first-order valence-corrected chi connectivity index (χ1v) is 11.2. The number of hydrogen-bond acceptors (Lipinski definition) is 6. The van der Waals surface area contributed by atoms with E-state index in [1.54, 1.807) is 26.3 Å². The lowest BCUT2D eigenvalue weighted by Gasteiger charge is -2.16. The largest absolute Gasteiger partial charge is 0.312 e. The normalized spacial score (nSPS) is 14.5. The maximum atomic E-state index is 13.1. The molecule has 0 aliphatic carbocycles. The highest BCUT2D eigenvalue weighted by Crippen LogP contribution is 2.28. The highest BCUT2D eigenvalue weighted by molar-refractivity contribution is 7.92. The molecule has 1 amide bonds. The van der Waals surface area contributed by atoms with Gasteiger partial charge in [-0.25, -0.2) is 8.42 Å². The predicted octanol–water partition coefficient (Wildman–Crippen LogP) is 2.11. The van der Waals surface area contributed by atoms with Crippen LogP contribution in [-0.4, -0.2) is 45.4 Å². The number of carbonyl (C=O) groups is 1. The first kappa shape index (κ1) is 20.1. The van der Waals surface area contributed by atoms with Crippen LogP contribution >= 0.6 is 0 Å². The van der Waals surface area contributed by atoms with Gasteiger partial charge >= 0.3 is 0 Å². The van der Waals surface area contributed by atoms with Crippen LogP contribution in [0.2, 0.25) is 0 Å². The third-order valence-corrected chi connectivity index (χ3v) is 6.42. The molecule has 0 spiro atoms. The first-order chi connectivity index (χ1) is 14.4. The van der Waals surface area contributed by atoms with Gasteiger partial charge in [-0.05, 0) is 44.0 Å². The molecule has 3 heterocycles. The van der Waals surface area contributed by atoms with Crippen LogP contribution in [0, 0.1) is 6.92 Å². The van der Waals surface area contributed by atoms with Crippen LogP contribution in [-0.2, 0) is 21.4 Å². The monoisotopic (exact) mass is 429 g/mol. The van der Waals surface area contributed by atoms with E-state index in [1.165, 1.54) is 24.8 Å². The summed E-state index contributed by atoms with van der Waals surface area (Å²) >= 11 is 0. The Bertz CT molecular complexity index is 1150. The summed E-state index contributed by atoms with van der Waals surface area (Å²) in [4.78, 5) is 13.7. The third kappa shape index (κ3) is 3.67. The molecule has 2 aromatic heterocycles. The Labute approximate surface area is 174 Å². The van der Waals surface area contributed by atoms with Crippen molar-refractivity contribution in [1.29, 1.82) is 0 Å². The number of benzene rings is 1. The number of amides is 1. The van der Waals surface area contributed by atoms with Gasteiger partial charge in [-0.15, -0.1) is 10.2 Å². The molecule has 30 heavy (non-hydrogen) atoms. The minimum absolute atomic E-state index is 0.0567. The minimum Gasteiger partial charge on any atom is -0.312 e. The number of nitrogens with one attached hydrogen (secondary N) is 1. The SMILES string of the molecule is CCCn1nc(-n2cnnc2)c(NS(=O)(=O)c2ccc(N3CCCC3=O)cc2)c1C. The third-order valence-electron chi connectivity index (χ3n) is 5.06. The standard InChI is InChI=1S/C19H23N7O3S/c1-3-10-26-14(2)18(19(22-26)24-12-20-21-13-24)23-30(28,29)16-8-6-15(7-9-16)25-11-4-5-17(25)27/h6-9,12-13,23H,3-5,10-11H2,1-2H3. The zero-order chi connectivity index (χ0) is 21.3. The van der Waals surface area contributed by atoms with Gasteiger partial charge in [0.1, 0.15) is 18.3 Å². The Morgan fingerprint density at radius 1 is 1.13 bits per heavy atom. The van der Waals surface area contributed by atoms with Crippen molar-refractivity contribution in [2.75, 3.05) is 16.2 Å². The number of anilines is 2. The van der Waals surface area contributed by atoms with E-state index in [0.717, 1.165) is 12.8 Å². The average molecular weight is 430 g/mol. The number of carbonyl (C=O) groups excluding carboxylic acids is 1. The molecule has 0 atom stereocenters. The lowest BCUT2D eigenvalue weighted by Crippen LogP contribution is -2.23. The Balaban J connectivity index is 1.65. The van der Waals surface area contributed by atoms with E-state index < -0.39 is 10.0 Å². The van der Waals surface area contributed by atoms with Gasteiger partial charge in [0, 0.05) is 25.2 Å². The molecule has 0 saturated carbocycles. The summed E-state index contributed by atoms with van der Waals surface area (Å²) in [5, 5.41) is 12.1. The predicted molar refractivity (Wildman–Crippen MR) is 111 cm³/mol. The average Bonchev–Trinajstić information content (AvgIpc) is 3.46. The first-order valence-electron chi connectivity index (χ1n) is 9.76. The van der Waals surface area contributed by atoms with E-state index in [2.05, 4.69) is 20.0 Å². The molecule has 3 aromatic rings. The number of hydrogen-bond donors (Lipinski definition) is 1. The second-order valence-electron chi connectivity index (χ2n) is 7.12. The molecule has 1 aliphatic heterocycles. The van der Waals surface area contributed by atoms with Crippen LogP contribution in [0.25, 0.3) is 5.82 Å². The molecule has 0 bridgehead atoms. The van der Waals surface area contributed by atoms with Crippen molar-refractivity contribution in [3.05, 3.63) is 42.6 Å². The highest BCUT2D eigenvalue weighted by atomic mass is 32.2. The van der Waals surface area contributed by atoms with Crippen LogP contribution in [0.4, 0.5) is 11.4 Å². The fourth-order valence-electron chi connectivity index (χ4n) is 3.49. The summed E-state index contributed by atoms with van der Waals surface area (Å²) in [6.45, 7) is 5.15. The zero-order valence-corrected chi connectivity index (χ0v) is 17.6. The second-order valence-corrected chi connectivity index (χ2v) is 8.81. The van der Waals surface area contributed by atoms with Gasteiger partial charge in [0.25, 0.3) is 10.0 Å². The van der Waals surface area contributed by atoms with Crippen LogP contribution in [0.3, 0.4) is 0 Å². The van der Waals surface area contributed by atoms with Gasteiger partial charge in [-0.2, -0.15) is 5.10 Å². The molecule has 4 rings (SSSR count). The molecule has 158 valence electrons. The molecule has 0 unspecified atom stereocenters. The van der Waals surface area contributed by atoms with Gasteiger partial charge in [0.15, 0.2) is 5.82 Å². The number of aromatic nitrogens is 5. The highest BCUT2D eigenvalue weighted by Gasteiger charge is 2.25. The van der Waals surface area contributed by atoms with Crippen molar-refractivity contribution in [2.45, 2.75) is 44.6 Å². The van der Waals surface area contributed by atoms with Crippen molar-refractivity contribution >= 4 is 27.3 Å². The summed E-state index contributed by atoms with van der Waals surface area (Å²) < 4.78 is 32.1. The molecule has 11 heteroatoms. The van der Waals surface area contributed by atoms with Gasteiger partial charge in [-0.1, -0.05) is 6.92 Å². The van der Waals surface area contributed by atoms with E-state index in [0.29, 0.717) is 42.4 Å². The molecule has 1 N–H and O–H groups in total. The lowest BCUT2D eigenvalue weighted by atomic mass is 10.3. The Kier molecular flexibility index (Phi) is 5.29. The van der Waals surface area contributed by atoms with Crippen molar-refractivity contribution in [2.24, 2.45) is 0 Å². The summed E-state index contributed by atoms with van der Waals surface area (Å²) in [5.41, 5.74) is 1.78.